The second-order valence-corrected chi connectivity index (χ2v) is 8.03. The highest BCUT2D eigenvalue weighted by molar-refractivity contribution is 9.10. The first-order chi connectivity index (χ1) is 14.5. The van der Waals surface area contributed by atoms with Crippen LogP contribution in [0, 0.1) is 0 Å². The molecule has 0 saturated carbocycles. The van der Waals surface area contributed by atoms with E-state index in [1.165, 1.54) is 4.90 Å². The van der Waals surface area contributed by atoms with Gasteiger partial charge in [-0.3, -0.25) is 14.5 Å². The third-order valence-electron chi connectivity index (χ3n) is 4.15. The van der Waals surface area contributed by atoms with Gasteiger partial charge in [-0.1, -0.05) is 34.1 Å². The summed E-state index contributed by atoms with van der Waals surface area (Å²) in [5.74, 6) is 1.57. The van der Waals surface area contributed by atoms with E-state index in [0.717, 1.165) is 21.8 Å². The van der Waals surface area contributed by atoms with Crippen molar-refractivity contribution >= 4 is 44.9 Å². The fraction of sp³-hybridized carbons (Fsp3) is 0.273. The van der Waals surface area contributed by atoms with Gasteiger partial charge in [0.15, 0.2) is 11.5 Å². The summed E-state index contributed by atoms with van der Waals surface area (Å²) in [6.45, 7) is 5.20. The molecular weight excluding hydrogens is 470 g/mol. The lowest BCUT2D eigenvalue weighted by Gasteiger charge is -2.14. The third kappa shape index (κ3) is 5.37. The number of thioether (sulfide) groups is 1. The van der Waals surface area contributed by atoms with Crippen LogP contribution >= 0.6 is 27.7 Å². The number of hydrogen-bond donors (Lipinski definition) is 0. The number of ether oxygens (including phenoxy) is 3. The van der Waals surface area contributed by atoms with E-state index in [1.807, 2.05) is 44.2 Å². The molecule has 1 heterocycles. The molecule has 0 unspecified atom stereocenters. The smallest absolute Gasteiger partial charge is 0.293 e. The second-order valence-electron chi connectivity index (χ2n) is 6.18. The minimum Gasteiger partial charge on any atom is -0.492 e. The van der Waals surface area contributed by atoms with E-state index in [-0.39, 0.29) is 24.3 Å². The number of hydrogen-bond acceptors (Lipinski definition) is 6. The molecule has 2 amide bonds. The van der Waals surface area contributed by atoms with E-state index in [9.17, 15) is 9.59 Å². The Balaban J connectivity index is 1.73. The van der Waals surface area contributed by atoms with E-state index in [4.69, 9.17) is 14.2 Å². The third-order valence-corrected chi connectivity index (χ3v) is 5.74. The number of carbonyl (C=O) groups excluding carboxylic acids is 2. The van der Waals surface area contributed by atoms with Crippen LogP contribution in [0.2, 0.25) is 0 Å². The minimum atomic E-state index is -0.333. The molecule has 2 aromatic carbocycles. The van der Waals surface area contributed by atoms with Crippen molar-refractivity contribution in [1.29, 1.82) is 0 Å². The van der Waals surface area contributed by atoms with Crippen LogP contribution < -0.4 is 14.2 Å². The van der Waals surface area contributed by atoms with Gasteiger partial charge in [0.2, 0.25) is 0 Å². The van der Waals surface area contributed by atoms with Crippen molar-refractivity contribution in [2.45, 2.75) is 13.8 Å². The number of halogens is 1. The normalized spacial score (nSPS) is 15.0. The number of rotatable bonds is 9. The molecule has 30 heavy (non-hydrogen) atoms. The monoisotopic (exact) mass is 491 g/mol. The van der Waals surface area contributed by atoms with Gasteiger partial charge in [-0.2, -0.15) is 0 Å². The van der Waals surface area contributed by atoms with Gasteiger partial charge in [0.25, 0.3) is 11.1 Å². The van der Waals surface area contributed by atoms with Crippen LogP contribution in [-0.4, -0.2) is 42.4 Å². The van der Waals surface area contributed by atoms with Crippen LogP contribution in [0.1, 0.15) is 19.4 Å². The van der Waals surface area contributed by atoms with Gasteiger partial charge in [0.05, 0.1) is 24.7 Å². The molecule has 1 fully saturated rings. The van der Waals surface area contributed by atoms with Gasteiger partial charge in [-0.15, -0.1) is 0 Å². The van der Waals surface area contributed by atoms with Crippen molar-refractivity contribution in [2.75, 3.05) is 26.4 Å². The van der Waals surface area contributed by atoms with Crippen molar-refractivity contribution in [3.05, 3.63) is 57.4 Å². The highest BCUT2D eigenvalue weighted by Gasteiger charge is 2.35. The molecule has 1 aliphatic rings. The Labute approximate surface area is 188 Å². The van der Waals surface area contributed by atoms with Gasteiger partial charge >= 0.3 is 0 Å². The molecule has 0 radical (unpaired) electrons. The van der Waals surface area contributed by atoms with Crippen LogP contribution in [-0.2, 0) is 4.79 Å². The van der Waals surface area contributed by atoms with Gasteiger partial charge in [0.1, 0.15) is 12.4 Å². The molecule has 1 aliphatic heterocycles. The average Bonchev–Trinajstić information content (AvgIpc) is 3.00. The summed E-state index contributed by atoms with van der Waals surface area (Å²) >= 11 is 4.42. The lowest BCUT2D eigenvalue weighted by Crippen LogP contribution is -2.32. The Kier molecular flexibility index (Phi) is 7.81. The maximum Gasteiger partial charge on any atom is 0.293 e. The summed E-state index contributed by atoms with van der Waals surface area (Å²) in [7, 11) is 0. The molecule has 158 valence electrons. The van der Waals surface area contributed by atoms with Gasteiger partial charge in [0, 0.05) is 4.47 Å². The molecule has 0 N–H and O–H groups in total. The molecule has 0 spiro atoms. The zero-order valence-electron chi connectivity index (χ0n) is 16.7. The number of amides is 2. The molecule has 2 aromatic rings. The first kappa shape index (κ1) is 22.2. The van der Waals surface area contributed by atoms with Crippen molar-refractivity contribution in [1.82, 2.24) is 4.90 Å². The summed E-state index contributed by atoms with van der Waals surface area (Å²) in [5.41, 5.74) is 0.730. The number of imide groups is 1. The predicted octanol–water partition coefficient (Wildman–Crippen LogP) is 5.36. The summed E-state index contributed by atoms with van der Waals surface area (Å²) in [4.78, 5) is 26.6. The Morgan fingerprint density at radius 3 is 2.33 bits per heavy atom. The fourth-order valence-electron chi connectivity index (χ4n) is 2.80. The fourth-order valence-corrected chi connectivity index (χ4v) is 4.10. The molecule has 0 aliphatic carbocycles. The van der Waals surface area contributed by atoms with Crippen molar-refractivity contribution in [2.24, 2.45) is 0 Å². The molecule has 8 heteroatoms. The lowest BCUT2D eigenvalue weighted by molar-refractivity contribution is -0.123. The highest BCUT2D eigenvalue weighted by atomic mass is 79.9. The van der Waals surface area contributed by atoms with E-state index >= 15 is 0 Å². The highest BCUT2D eigenvalue weighted by Crippen LogP contribution is 2.38. The minimum absolute atomic E-state index is 0.186. The Morgan fingerprint density at radius 1 is 1.00 bits per heavy atom. The van der Waals surface area contributed by atoms with Crippen LogP contribution in [0.5, 0.6) is 17.2 Å². The van der Waals surface area contributed by atoms with Gasteiger partial charge in [-0.25, -0.2) is 0 Å². The maximum atomic E-state index is 12.7. The van der Waals surface area contributed by atoms with Gasteiger partial charge in [-0.05, 0) is 61.5 Å². The molecule has 0 bridgehead atoms. The van der Waals surface area contributed by atoms with Crippen LogP contribution in [0.4, 0.5) is 4.79 Å². The first-order valence-electron chi connectivity index (χ1n) is 9.55. The Bertz CT molecular complexity index is 948. The number of benzene rings is 2. The summed E-state index contributed by atoms with van der Waals surface area (Å²) in [6, 6.07) is 12.9. The molecule has 6 nitrogen and oxygen atoms in total. The Morgan fingerprint density at radius 2 is 1.67 bits per heavy atom. The van der Waals surface area contributed by atoms with Crippen molar-refractivity contribution < 1.29 is 23.8 Å². The Hall–Kier alpha value is -2.45. The number of carbonyl (C=O) groups is 2. The first-order valence-corrected chi connectivity index (χ1v) is 11.2. The summed E-state index contributed by atoms with van der Waals surface area (Å²) < 4.78 is 17.6. The largest absolute Gasteiger partial charge is 0.492 e. The van der Waals surface area contributed by atoms with E-state index in [0.29, 0.717) is 35.4 Å². The number of nitrogens with zero attached hydrogens (tertiary/aromatic N) is 1. The lowest BCUT2D eigenvalue weighted by atomic mass is 10.2. The van der Waals surface area contributed by atoms with Crippen molar-refractivity contribution in [3.63, 3.8) is 0 Å². The summed E-state index contributed by atoms with van der Waals surface area (Å²) in [6.07, 6.45) is 1.69. The molecule has 0 aromatic heterocycles. The second kappa shape index (κ2) is 10.5. The van der Waals surface area contributed by atoms with E-state index < -0.39 is 0 Å². The SMILES string of the molecule is CCOc1cc(Br)c(/C=C2\SC(=O)N(CCOc3ccccc3)C2=O)cc1OCC. The summed E-state index contributed by atoms with van der Waals surface area (Å²) in [5, 5.41) is -0.310. The molecule has 1 saturated heterocycles. The number of para-hydroxylation sites is 1. The molecular formula is C22H22BrNO5S. The quantitative estimate of drug-likeness (QED) is 0.439. The van der Waals surface area contributed by atoms with E-state index in [1.54, 1.807) is 18.2 Å². The van der Waals surface area contributed by atoms with Crippen molar-refractivity contribution in [3.8, 4) is 17.2 Å². The van der Waals surface area contributed by atoms with Crippen LogP contribution in [0.15, 0.2) is 51.8 Å². The molecule has 0 atom stereocenters. The topological polar surface area (TPSA) is 65.1 Å². The van der Waals surface area contributed by atoms with Crippen LogP contribution in [0.25, 0.3) is 6.08 Å². The average molecular weight is 492 g/mol. The van der Waals surface area contributed by atoms with E-state index in [2.05, 4.69) is 15.9 Å². The van der Waals surface area contributed by atoms with Gasteiger partial charge < -0.3 is 14.2 Å². The standard InChI is InChI=1S/C22H22BrNO5S/c1-3-27-18-12-15(17(23)14-19(18)28-4-2)13-20-21(25)24(22(26)30-20)10-11-29-16-8-6-5-7-9-16/h5-9,12-14H,3-4,10-11H2,1-2H3/b20-13-. The zero-order chi connectivity index (χ0) is 21.5. The van der Waals surface area contributed by atoms with Crippen LogP contribution in [0.3, 0.4) is 0 Å². The predicted molar refractivity (Wildman–Crippen MR) is 121 cm³/mol. The maximum absolute atomic E-state index is 12.7. The molecule has 3 rings (SSSR count). The zero-order valence-corrected chi connectivity index (χ0v) is 19.1.